The number of hydrogen-bond acceptors (Lipinski definition) is 3. The Morgan fingerprint density at radius 1 is 1.32 bits per heavy atom. The highest BCUT2D eigenvalue weighted by molar-refractivity contribution is 7.10. The van der Waals surface area contributed by atoms with Crippen LogP contribution in [0, 0.1) is 0 Å². The van der Waals surface area contributed by atoms with Gasteiger partial charge in [0.05, 0.1) is 16.3 Å². The zero-order valence-corrected chi connectivity index (χ0v) is 11.1. The second-order valence-electron chi connectivity index (χ2n) is 4.25. The highest BCUT2D eigenvalue weighted by atomic mass is 32.1. The number of thiazole rings is 1. The number of benzene rings is 1. The number of nitrogens with zero attached hydrogens (tertiary/aromatic N) is 1. The van der Waals surface area contributed by atoms with Gasteiger partial charge in [0.15, 0.2) is 0 Å². The molecule has 1 atom stereocenters. The number of hydrogen-bond donors (Lipinski definition) is 1. The predicted molar refractivity (Wildman–Crippen MR) is 70.0 cm³/mol. The predicted octanol–water partition coefficient (Wildman–Crippen LogP) is 3.89. The average molecular weight is 286 g/mol. The molecule has 0 aliphatic carbocycles. The van der Waals surface area contributed by atoms with Crippen molar-refractivity contribution in [3.05, 3.63) is 40.2 Å². The maximum absolute atomic E-state index is 12.9. The van der Waals surface area contributed by atoms with Crippen LogP contribution >= 0.6 is 11.3 Å². The number of alkyl halides is 3. The molecular weight excluding hydrogens is 273 g/mol. The molecule has 2 aromatic rings. The van der Waals surface area contributed by atoms with Crippen molar-refractivity contribution in [2.45, 2.75) is 19.0 Å². The van der Waals surface area contributed by atoms with Crippen LogP contribution in [-0.4, -0.2) is 11.5 Å². The molecule has 1 heterocycles. The molecule has 0 aliphatic heterocycles. The maximum atomic E-state index is 12.9. The standard InChI is InChI=1S/C13H13F3N2S/c1-8(6-17)12-18-11(7-19-12)9-4-2-3-5-10(9)13(14,15)16/h2-5,7-8H,6,17H2,1H3. The maximum Gasteiger partial charge on any atom is 0.417 e. The van der Waals surface area contributed by atoms with Gasteiger partial charge in [0.25, 0.3) is 0 Å². The monoisotopic (exact) mass is 286 g/mol. The van der Waals surface area contributed by atoms with Crippen molar-refractivity contribution in [3.63, 3.8) is 0 Å². The fourth-order valence-electron chi connectivity index (χ4n) is 1.69. The van der Waals surface area contributed by atoms with Gasteiger partial charge in [-0.1, -0.05) is 25.1 Å². The quantitative estimate of drug-likeness (QED) is 0.929. The first kappa shape index (κ1) is 14.0. The van der Waals surface area contributed by atoms with E-state index in [1.165, 1.54) is 23.5 Å². The summed E-state index contributed by atoms with van der Waals surface area (Å²) in [6.07, 6.45) is -4.38. The molecule has 19 heavy (non-hydrogen) atoms. The molecule has 2 rings (SSSR count). The molecule has 0 fully saturated rings. The lowest BCUT2D eigenvalue weighted by atomic mass is 10.0. The molecule has 2 nitrogen and oxygen atoms in total. The molecule has 2 N–H and O–H groups in total. The summed E-state index contributed by atoms with van der Waals surface area (Å²) in [7, 11) is 0. The summed E-state index contributed by atoms with van der Waals surface area (Å²) in [5.74, 6) is 0.0526. The van der Waals surface area contributed by atoms with Crippen molar-refractivity contribution in [1.29, 1.82) is 0 Å². The molecule has 0 aliphatic rings. The van der Waals surface area contributed by atoms with Gasteiger partial charge in [-0.05, 0) is 6.07 Å². The third-order valence-electron chi connectivity index (χ3n) is 2.81. The molecule has 0 amide bonds. The van der Waals surface area contributed by atoms with Gasteiger partial charge in [0, 0.05) is 23.4 Å². The van der Waals surface area contributed by atoms with Gasteiger partial charge < -0.3 is 5.73 Å². The van der Waals surface area contributed by atoms with Gasteiger partial charge in [-0.15, -0.1) is 11.3 Å². The lowest BCUT2D eigenvalue weighted by molar-refractivity contribution is -0.137. The van der Waals surface area contributed by atoms with Crippen LogP contribution in [0.5, 0.6) is 0 Å². The first-order valence-corrected chi connectivity index (χ1v) is 6.63. The fraction of sp³-hybridized carbons (Fsp3) is 0.308. The van der Waals surface area contributed by atoms with Crippen molar-refractivity contribution >= 4 is 11.3 Å². The van der Waals surface area contributed by atoms with E-state index in [1.807, 2.05) is 6.92 Å². The Hall–Kier alpha value is -1.40. The van der Waals surface area contributed by atoms with Crippen molar-refractivity contribution in [1.82, 2.24) is 4.98 Å². The molecule has 1 aromatic heterocycles. The molecule has 102 valence electrons. The number of aromatic nitrogens is 1. The Labute approximate surface area is 113 Å². The second-order valence-corrected chi connectivity index (χ2v) is 5.14. The third-order valence-corrected chi connectivity index (χ3v) is 3.88. The largest absolute Gasteiger partial charge is 0.417 e. The van der Waals surface area contributed by atoms with Gasteiger partial charge in [-0.25, -0.2) is 4.98 Å². The summed E-state index contributed by atoms with van der Waals surface area (Å²) in [5.41, 5.74) is 5.35. The van der Waals surface area contributed by atoms with E-state index in [1.54, 1.807) is 11.4 Å². The Kier molecular flexibility index (Phi) is 3.91. The van der Waals surface area contributed by atoms with Gasteiger partial charge >= 0.3 is 6.18 Å². The summed E-state index contributed by atoms with van der Waals surface area (Å²) in [4.78, 5) is 4.26. The Morgan fingerprint density at radius 2 is 2.00 bits per heavy atom. The Morgan fingerprint density at radius 3 is 2.63 bits per heavy atom. The first-order valence-electron chi connectivity index (χ1n) is 5.75. The Balaban J connectivity index is 2.45. The van der Waals surface area contributed by atoms with Crippen LogP contribution in [0.4, 0.5) is 13.2 Å². The van der Waals surface area contributed by atoms with Crippen molar-refractivity contribution in [2.75, 3.05) is 6.54 Å². The lowest BCUT2D eigenvalue weighted by Gasteiger charge is -2.10. The van der Waals surface area contributed by atoms with E-state index < -0.39 is 11.7 Å². The van der Waals surface area contributed by atoms with Gasteiger partial charge in [0.1, 0.15) is 0 Å². The highest BCUT2D eigenvalue weighted by Gasteiger charge is 2.33. The van der Waals surface area contributed by atoms with E-state index in [0.717, 1.165) is 11.1 Å². The molecule has 0 spiro atoms. The number of halogens is 3. The minimum Gasteiger partial charge on any atom is -0.330 e. The molecule has 1 aromatic carbocycles. The molecule has 0 saturated carbocycles. The lowest BCUT2D eigenvalue weighted by Crippen LogP contribution is -2.09. The molecule has 0 saturated heterocycles. The molecule has 0 radical (unpaired) electrons. The first-order chi connectivity index (χ1) is 8.93. The number of rotatable bonds is 3. The molecule has 1 unspecified atom stereocenters. The average Bonchev–Trinajstić information content (AvgIpc) is 2.86. The van der Waals surface area contributed by atoms with E-state index in [-0.39, 0.29) is 11.5 Å². The smallest absolute Gasteiger partial charge is 0.330 e. The Bertz CT molecular complexity index is 563. The summed E-state index contributed by atoms with van der Waals surface area (Å²) < 4.78 is 38.8. The fourth-order valence-corrected chi connectivity index (χ4v) is 2.58. The van der Waals surface area contributed by atoms with Gasteiger partial charge in [0.2, 0.25) is 0 Å². The summed E-state index contributed by atoms with van der Waals surface area (Å²) in [6.45, 7) is 2.33. The van der Waals surface area contributed by atoms with E-state index in [4.69, 9.17) is 5.73 Å². The number of nitrogens with two attached hydrogens (primary N) is 1. The van der Waals surface area contributed by atoms with Crippen LogP contribution in [0.2, 0.25) is 0 Å². The highest BCUT2D eigenvalue weighted by Crippen LogP contribution is 2.37. The normalized spacial score (nSPS) is 13.5. The van der Waals surface area contributed by atoms with Crippen LogP contribution in [0.25, 0.3) is 11.3 Å². The van der Waals surface area contributed by atoms with Crippen LogP contribution in [-0.2, 0) is 6.18 Å². The minimum absolute atomic E-state index is 0.0526. The van der Waals surface area contributed by atoms with Gasteiger partial charge in [-0.3, -0.25) is 0 Å². The van der Waals surface area contributed by atoms with Gasteiger partial charge in [-0.2, -0.15) is 13.2 Å². The zero-order valence-electron chi connectivity index (χ0n) is 10.2. The second kappa shape index (κ2) is 5.30. The molecular formula is C13H13F3N2S. The van der Waals surface area contributed by atoms with E-state index in [2.05, 4.69) is 4.98 Å². The summed E-state index contributed by atoms with van der Waals surface area (Å²) in [5, 5.41) is 2.40. The van der Waals surface area contributed by atoms with E-state index in [9.17, 15) is 13.2 Å². The van der Waals surface area contributed by atoms with E-state index in [0.29, 0.717) is 12.2 Å². The summed E-state index contributed by atoms with van der Waals surface area (Å²) >= 11 is 1.34. The van der Waals surface area contributed by atoms with Crippen molar-refractivity contribution in [3.8, 4) is 11.3 Å². The topological polar surface area (TPSA) is 38.9 Å². The van der Waals surface area contributed by atoms with Crippen molar-refractivity contribution in [2.24, 2.45) is 5.73 Å². The zero-order chi connectivity index (χ0) is 14.0. The van der Waals surface area contributed by atoms with Crippen LogP contribution in [0.1, 0.15) is 23.4 Å². The van der Waals surface area contributed by atoms with E-state index >= 15 is 0 Å². The third kappa shape index (κ3) is 2.96. The molecule has 0 bridgehead atoms. The molecule has 6 heteroatoms. The van der Waals surface area contributed by atoms with Crippen LogP contribution in [0.15, 0.2) is 29.6 Å². The van der Waals surface area contributed by atoms with Crippen LogP contribution < -0.4 is 5.73 Å². The SMILES string of the molecule is CC(CN)c1nc(-c2ccccc2C(F)(F)F)cs1. The minimum atomic E-state index is -4.38. The van der Waals surface area contributed by atoms with Crippen molar-refractivity contribution < 1.29 is 13.2 Å². The summed E-state index contributed by atoms with van der Waals surface area (Å²) in [6, 6.07) is 5.47. The van der Waals surface area contributed by atoms with Crippen LogP contribution in [0.3, 0.4) is 0 Å².